The highest BCUT2D eigenvalue weighted by molar-refractivity contribution is 7.13. The normalized spacial score (nSPS) is 20.1. The SMILES string of the molecule is CC(NC(=O)[C@H]1C[C@@H]1c1nc2ccccc2o1)c1ccc(OCC(F)(F)F)s1. The third-order valence-electron chi connectivity index (χ3n) is 4.52. The molecule has 0 aliphatic heterocycles. The van der Waals surface area contributed by atoms with Crippen LogP contribution in [-0.2, 0) is 4.79 Å². The van der Waals surface area contributed by atoms with Gasteiger partial charge in [0.15, 0.2) is 23.1 Å². The van der Waals surface area contributed by atoms with Crippen LogP contribution in [0.4, 0.5) is 13.2 Å². The maximum Gasteiger partial charge on any atom is 0.422 e. The number of alkyl halides is 3. The van der Waals surface area contributed by atoms with E-state index in [-0.39, 0.29) is 28.8 Å². The number of aromatic nitrogens is 1. The Morgan fingerprint density at radius 2 is 2.14 bits per heavy atom. The zero-order valence-electron chi connectivity index (χ0n) is 14.8. The fraction of sp³-hybridized carbons (Fsp3) is 0.368. The number of amides is 1. The van der Waals surface area contributed by atoms with Crippen LogP contribution in [0.3, 0.4) is 0 Å². The molecule has 0 saturated heterocycles. The molecule has 2 aromatic heterocycles. The summed E-state index contributed by atoms with van der Waals surface area (Å²) in [4.78, 5) is 17.7. The van der Waals surface area contributed by atoms with Crippen molar-refractivity contribution >= 4 is 28.3 Å². The maximum atomic E-state index is 12.5. The Morgan fingerprint density at radius 3 is 2.89 bits per heavy atom. The number of nitrogens with zero attached hydrogens (tertiary/aromatic N) is 1. The molecule has 4 rings (SSSR count). The van der Waals surface area contributed by atoms with E-state index in [1.807, 2.05) is 24.3 Å². The van der Waals surface area contributed by atoms with Crippen LogP contribution in [0, 0.1) is 5.92 Å². The van der Waals surface area contributed by atoms with Gasteiger partial charge in [-0.3, -0.25) is 4.79 Å². The van der Waals surface area contributed by atoms with Crippen LogP contribution in [-0.4, -0.2) is 23.7 Å². The van der Waals surface area contributed by atoms with E-state index < -0.39 is 12.8 Å². The van der Waals surface area contributed by atoms with Gasteiger partial charge in [0.25, 0.3) is 0 Å². The molecular weight excluding hydrogens is 393 g/mol. The Bertz CT molecular complexity index is 965. The first-order chi connectivity index (χ1) is 13.3. The molecule has 0 spiro atoms. The van der Waals surface area contributed by atoms with Crippen molar-refractivity contribution in [1.29, 1.82) is 0 Å². The summed E-state index contributed by atoms with van der Waals surface area (Å²) in [7, 11) is 0. The van der Waals surface area contributed by atoms with Crippen LogP contribution in [0.15, 0.2) is 40.8 Å². The summed E-state index contributed by atoms with van der Waals surface area (Å²) in [6, 6.07) is 10.2. The molecule has 28 heavy (non-hydrogen) atoms. The van der Waals surface area contributed by atoms with Gasteiger partial charge in [0.2, 0.25) is 5.91 Å². The smallest absolute Gasteiger partial charge is 0.422 e. The molecule has 3 atom stereocenters. The van der Waals surface area contributed by atoms with E-state index in [0.717, 1.165) is 21.7 Å². The largest absolute Gasteiger partial charge is 0.475 e. The first-order valence-electron chi connectivity index (χ1n) is 8.75. The highest BCUT2D eigenvalue weighted by Gasteiger charge is 2.47. The Kier molecular flexibility index (Phi) is 4.78. The number of thiophene rings is 1. The number of nitrogens with one attached hydrogen (secondary N) is 1. The van der Waals surface area contributed by atoms with Crippen molar-refractivity contribution in [3.8, 4) is 5.06 Å². The van der Waals surface area contributed by atoms with Gasteiger partial charge in [-0.15, -0.1) is 11.3 Å². The van der Waals surface area contributed by atoms with Crippen molar-refractivity contribution in [2.24, 2.45) is 5.92 Å². The summed E-state index contributed by atoms with van der Waals surface area (Å²) < 4.78 is 47.1. The first-order valence-corrected chi connectivity index (χ1v) is 9.57. The van der Waals surface area contributed by atoms with Crippen LogP contribution in [0.1, 0.15) is 36.1 Å². The molecule has 1 saturated carbocycles. The van der Waals surface area contributed by atoms with Crippen LogP contribution in [0.2, 0.25) is 0 Å². The number of halogens is 3. The Morgan fingerprint density at radius 1 is 1.36 bits per heavy atom. The van der Waals surface area contributed by atoms with Gasteiger partial charge in [-0.2, -0.15) is 13.2 Å². The number of hydrogen-bond acceptors (Lipinski definition) is 5. The molecule has 1 aromatic carbocycles. The summed E-state index contributed by atoms with van der Waals surface area (Å²) in [6.07, 6.45) is -3.72. The van der Waals surface area contributed by atoms with E-state index >= 15 is 0 Å². The Labute approximate surface area is 162 Å². The summed E-state index contributed by atoms with van der Waals surface area (Å²) in [6.45, 7) is 0.454. The summed E-state index contributed by atoms with van der Waals surface area (Å²) in [5.41, 5.74) is 1.46. The van der Waals surface area contributed by atoms with Gasteiger partial charge in [-0.05, 0) is 37.6 Å². The minimum absolute atomic E-state index is 0.0476. The molecule has 1 N–H and O–H groups in total. The topological polar surface area (TPSA) is 64.4 Å². The minimum atomic E-state index is -4.38. The monoisotopic (exact) mass is 410 g/mol. The fourth-order valence-electron chi connectivity index (χ4n) is 3.00. The summed E-state index contributed by atoms with van der Waals surface area (Å²) in [5.74, 6) is 0.184. The fourth-order valence-corrected chi connectivity index (χ4v) is 3.85. The molecule has 1 aliphatic carbocycles. The van der Waals surface area contributed by atoms with Crippen LogP contribution >= 0.6 is 11.3 Å². The number of para-hydroxylation sites is 2. The van der Waals surface area contributed by atoms with E-state index in [1.165, 1.54) is 6.07 Å². The number of rotatable bonds is 6. The number of carbonyl (C=O) groups is 1. The van der Waals surface area contributed by atoms with Gasteiger partial charge in [0.05, 0.1) is 12.0 Å². The molecule has 148 valence electrons. The van der Waals surface area contributed by atoms with Crippen molar-refractivity contribution in [3.05, 3.63) is 47.2 Å². The highest BCUT2D eigenvalue weighted by atomic mass is 32.1. The molecule has 1 unspecified atom stereocenters. The highest BCUT2D eigenvalue weighted by Crippen LogP contribution is 2.48. The Balaban J connectivity index is 1.33. The van der Waals surface area contributed by atoms with Crippen molar-refractivity contribution in [2.45, 2.75) is 31.5 Å². The zero-order chi connectivity index (χ0) is 19.9. The predicted molar refractivity (Wildman–Crippen MR) is 97.3 cm³/mol. The van der Waals surface area contributed by atoms with E-state index in [4.69, 9.17) is 9.15 Å². The lowest BCUT2D eigenvalue weighted by Gasteiger charge is -2.12. The van der Waals surface area contributed by atoms with Gasteiger partial charge in [0.1, 0.15) is 5.52 Å². The lowest BCUT2D eigenvalue weighted by molar-refractivity contribution is -0.152. The molecule has 9 heteroatoms. The van der Waals surface area contributed by atoms with Gasteiger partial charge < -0.3 is 14.5 Å². The number of hydrogen-bond donors (Lipinski definition) is 1. The van der Waals surface area contributed by atoms with Gasteiger partial charge in [-0.1, -0.05) is 12.1 Å². The van der Waals surface area contributed by atoms with Gasteiger partial charge in [0, 0.05) is 10.8 Å². The third-order valence-corrected chi connectivity index (χ3v) is 5.70. The third kappa shape index (κ3) is 4.14. The number of ether oxygens (including phenoxy) is 1. The summed E-state index contributed by atoms with van der Waals surface area (Å²) in [5, 5.41) is 3.07. The van der Waals surface area contributed by atoms with Crippen LogP contribution in [0.5, 0.6) is 5.06 Å². The molecule has 5 nitrogen and oxygen atoms in total. The minimum Gasteiger partial charge on any atom is -0.475 e. The summed E-state index contributed by atoms with van der Waals surface area (Å²) >= 11 is 1.09. The van der Waals surface area contributed by atoms with E-state index in [9.17, 15) is 18.0 Å². The number of carbonyl (C=O) groups excluding carboxylic acids is 1. The molecule has 2 heterocycles. The lowest BCUT2D eigenvalue weighted by atomic mass is 10.2. The molecule has 1 aliphatic rings. The molecule has 0 bridgehead atoms. The van der Waals surface area contributed by atoms with Crippen LogP contribution in [0.25, 0.3) is 11.1 Å². The maximum absolute atomic E-state index is 12.5. The van der Waals surface area contributed by atoms with Gasteiger partial charge >= 0.3 is 6.18 Å². The van der Waals surface area contributed by atoms with E-state index in [0.29, 0.717) is 17.9 Å². The van der Waals surface area contributed by atoms with E-state index in [2.05, 4.69) is 10.3 Å². The number of benzene rings is 1. The van der Waals surface area contributed by atoms with E-state index in [1.54, 1.807) is 13.0 Å². The van der Waals surface area contributed by atoms with Crippen molar-refractivity contribution in [3.63, 3.8) is 0 Å². The quantitative estimate of drug-likeness (QED) is 0.633. The average molecular weight is 410 g/mol. The molecular formula is C19H17F3N2O3S. The second kappa shape index (κ2) is 7.12. The van der Waals surface area contributed by atoms with Crippen molar-refractivity contribution in [2.75, 3.05) is 6.61 Å². The predicted octanol–water partition coefficient (Wildman–Crippen LogP) is 4.81. The van der Waals surface area contributed by atoms with Crippen molar-refractivity contribution in [1.82, 2.24) is 10.3 Å². The number of oxazole rings is 1. The molecule has 1 amide bonds. The second-order valence-corrected chi connectivity index (χ2v) is 7.84. The van der Waals surface area contributed by atoms with Crippen LogP contribution < -0.4 is 10.1 Å². The molecule has 0 radical (unpaired) electrons. The average Bonchev–Trinajstić information content (AvgIpc) is 3.11. The first kappa shape index (κ1) is 18.8. The standard InChI is InChI=1S/C19H17F3N2O3S/c1-10(15-6-7-16(28-15)26-9-19(20,21)22)23-17(25)11-8-12(11)18-24-13-4-2-3-5-14(13)27-18/h2-7,10-12H,8-9H2,1H3,(H,23,25)/t10?,11-,12-/m0/s1. The molecule has 3 aromatic rings. The van der Waals surface area contributed by atoms with Gasteiger partial charge in [-0.25, -0.2) is 4.98 Å². The second-order valence-electron chi connectivity index (χ2n) is 6.76. The lowest BCUT2D eigenvalue weighted by Crippen LogP contribution is -2.27. The molecule has 1 fully saturated rings. The number of fused-ring (bicyclic) bond motifs is 1. The Hall–Kier alpha value is -2.55. The zero-order valence-corrected chi connectivity index (χ0v) is 15.6. The van der Waals surface area contributed by atoms with Crippen molar-refractivity contribution < 1.29 is 27.1 Å².